The van der Waals surface area contributed by atoms with Gasteiger partial charge in [-0.15, -0.1) is 0 Å². The molecule has 1 fully saturated rings. The van der Waals surface area contributed by atoms with Crippen molar-refractivity contribution in [3.05, 3.63) is 24.2 Å². The minimum absolute atomic E-state index is 0.122. The summed E-state index contributed by atoms with van der Waals surface area (Å²) in [6, 6.07) is 3.81. The van der Waals surface area contributed by atoms with Crippen molar-refractivity contribution in [3.8, 4) is 0 Å². The van der Waals surface area contributed by atoms with Gasteiger partial charge in [0.15, 0.2) is 0 Å². The van der Waals surface area contributed by atoms with E-state index >= 15 is 0 Å². The number of furan rings is 1. The number of amides is 1. The summed E-state index contributed by atoms with van der Waals surface area (Å²) < 4.78 is 11.2. The van der Waals surface area contributed by atoms with Crippen LogP contribution < -0.4 is 0 Å². The topological polar surface area (TPSA) is 42.7 Å². The van der Waals surface area contributed by atoms with E-state index in [2.05, 4.69) is 13.8 Å². The molecule has 2 unspecified atom stereocenters. The zero-order valence-electron chi connectivity index (χ0n) is 13.9. The second-order valence-electron chi connectivity index (χ2n) is 6.18. The van der Waals surface area contributed by atoms with E-state index in [0.29, 0.717) is 13.1 Å². The molecule has 0 radical (unpaired) electrons. The van der Waals surface area contributed by atoms with E-state index in [1.54, 1.807) is 6.26 Å². The Hall–Kier alpha value is -1.29. The highest BCUT2D eigenvalue weighted by Gasteiger charge is 2.27. The van der Waals surface area contributed by atoms with Gasteiger partial charge in [-0.25, -0.2) is 0 Å². The minimum Gasteiger partial charge on any atom is -0.467 e. The molecule has 0 N–H and O–H groups in total. The van der Waals surface area contributed by atoms with E-state index in [1.165, 1.54) is 0 Å². The first-order valence-electron chi connectivity index (χ1n) is 8.67. The molecule has 1 aromatic heterocycles. The molecule has 2 atom stereocenters. The van der Waals surface area contributed by atoms with Gasteiger partial charge in [0.05, 0.1) is 18.9 Å². The quantitative estimate of drug-likeness (QED) is 0.692. The fourth-order valence-electron chi connectivity index (χ4n) is 3.07. The largest absolute Gasteiger partial charge is 0.467 e. The maximum atomic E-state index is 12.9. The molecule has 124 valence electrons. The van der Waals surface area contributed by atoms with Crippen LogP contribution in [0.2, 0.25) is 0 Å². The van der Waals surface area contributed by atoms with Crippen LogP contribution >= 0.6 is 0 Å². The molecule has 2 heterocycles. The summed E-state index contributed by atoms with van der Waals surface area (Å²) in [5.41, 5.74) is 0. The summed E-state index contributed by atoms with van der Waals surface area (Å²) >= 11 is 0. The van der Waals surface area contributed by atoms with Crippen LogP contribution in [0, 0.1) is 5.92 Å². The second kappa shape index (κ2) is 8.99. The Morgan fingerprint density at radius 1 is 1.45 bits per heavy atom. The Labute approximate surface area is 133 Å². The molecular formula is C18H29NO3. The summed E-state index contributed by atoms with van der Waals surface area (Å²) in [5, 5.41) is 0. The van der Waals surface area contributed by atoms with Crippen molar-refractivity contribution in [2.45, 2.75) is 65.0 Å². The van der Waals surface area contributed by atoms with Gasteiger partial charge in [-0.3, -0.25) is 4.79 Å². The summed E-state index contributed by atoms with van der Waals surface area (Å²) in [4.78, 5) is 14.9. The highest BCUT2D eigenvalue weighted by molar-refractivity contribution is 5.78. The summed E-state index contributed by atoms with van der Waals surface area (Å²) in [5.74, 6) is 1.22. The highest BCUT2D eigenvalue weighted by Crippen LogP contribution is 2.21. The Kier molecular flexibility index (Phi) is 6.97. The smallest absolute Gasteiger partial charge is 0.226 e. The number of hydrogen-bond donors (Lipinski definition) is 0. The maximum absolute atomic E-state index is 12.9. The van der Waals surface area contributed by atoms with Gasteiger partial charge in [0.2, 0.25) is 5.91 Å². The summed E-state index contributed by atoms with van der Waals surface area (Å²) in [7, 11) is 0. The second-order valence-corrected chi connectivity index (χ2v) is 6.18. The van der Waals surface area contributed by atoms with E-state index in [1.807, 2.05) is 17.0 Å². The van der Waals surface area contributed by atoms with Crippen molar-refractivity contribution in [3.63, 3.8) is 0 Å². The van der Waals surface area contributed by atoms with Crippen LogP contribution in [0.3, 0.4) is 0 Å². The van der Waals surface area contributed by atoms with E-state index in [4.69, 9.17) is 9.15 Å². The molecule has 0 spiro atoms. The molecule has 1 saturated heterocycles. The third-order valence-electron chi connectivity index (χ3n) is 4.43. The van der Waals surface area contributed by atoms with E-state index in [-0.39, 0.29) is 17.9 Å². The first-order valence-corrected chi connectivity index (χ1v) is 8.67. The fourth-order valence-corrected chi connectivity index (χ4v) is 3.07. The van der Waals surface area contributed by atoms with Crippen molar-refractivity contribution in [1.29, 1.82) is 0 Å². The lowest BCUT2D eigenvalue weighted by Crippen LogP contribution is -2.40. The molecule has 1 aliphatic heterocycles. The van der Waals surface area contributed by atoms with Crippen molar-refractivity contribution < 1.29 is 13.9 Å². The molecule has 2 rings (SSSR count). The molecule has 4 heteroatoms. The number of carbonyl (C=O) groups is 1. The van der Waals surface area contributed by atoms with Gasteiger partial charge in [-0.2, -0.15) is 0 Å². The Morgan fingerprint density at radius 3 is 2.91 bits per heavy atom. The first-order chi connectivity index (χ1) is 10.7. The molecule has 22 heavy (non-hydrogen) atoms. The van der Waals surface area contributed by atoms with Crippen molar-refractivity contribution >= 4 is 5.91 Å². The van der Waals surface area contributed by atoms with Gasteiger partial charge in [-0.1, -0.05) is 26.7 Å². The fraction of sp³-hybridized carbons (Fsp3) is 0.722. The van der Waals surface area contributed by atoms with Crippen LogP contribution in [0.4, 0.5) is 0 Å². The SMILES string of the molecule is CCCCC(CC)C(=O)N(Cc1ccco1)CC1CCCO1. The van der Waals surface area contributed by atoms with Gasteiger partial charge in [-0.05, 0) is 37.8 Å². The predicted molar refractivity (Wildman–Crippen MR) is 86.4 cm³/mol. The number of nitrogens with zero attached hydrogens (tertiary/aromatic N) is 1. The van der Waals surface area contributed by atoms with Gasteiger partial charge >= 0.3 is 0 Å². The predicted octanol–water partition coefficient (Wildman–Crippen LogP) is 4.00. The number of unbranched alkanes of at least 4 members (excludes halogenated alkanes) is 1. The number of rotatable bonds is 9. The lowest BCUT2D eigenvalue weighted by Gasteiger charge is -2.28. The Bertz CT molecular complexity index is 424. The van der Waals surface area contributed by atoms with Gasteiger partial charge in [0.1, 0.15) is 5.76 Å². The van der Waals surface area contributed by atoms with Crippen LogP contribution in [0.15, 0.2) is 22.8 Å². The first kappa shape index (κ1) is 17.1. The van der Waals surface area contributed by atoms with Crippen molar-refractivity contribution in [1.82, 2.24) is 4.90 Å². The molecule has 4 nitrogen and oxygen atoms in total. The lowest BCUT2D eigenvalue weighted by atomic mass is 9.97. The zero-order valence-corrected chi connectivity index (χ0v) is 13.9. The van der Waals surface area contributed by atoms with Crippen molar-refractivity contribution in [2.75, 3.05) is 13.2 Å². The van der Waals surface area contributed by atoms with Gasteiger partial charge in [0.25, 0.3) is 0 Å². The average Bonchev–Trinajstić information content (AvgIpc) is 3.20. The third kappa shape index (κ3) is 4.87. The molecule has 0 bridgehead atoms. The minimum atomic E-state index is 0.122. The number of hydrogen-bond acceptors (Lipinski definition) is 3. The molecule has 0 saturated carbocycles. The standard InChI is InChI=1S/C18H29NO3/c1-3-5-8-15(4-2)18(20)19(13-16-9-6-11-21-16)14-17-10-7-12-22-17/h6,9,11,15,17H,3-5,7-8,10,12-14H2,1-2H3. The zero-order chi connectivity index (χ0) is 15.8. The molecule has 0 aliphatic carbocycles. The monoisotopic (exact) mass is 307 g/mol. The molecule has 1 aromatic rings. The summed E-state index contributed by atoms with van der Waals surface area (Å²) in [6.45, 7) is 6.33. The summed E-state index contributed by atoms with van der Waals surface area (Å²) in [6.07, 6.45) is 8.12. The Morgan fingerprint density at radius 2 is 2.32 bits per heavy atom. The third-order valence-corrected chi connectivity index (χ3v) is 4.43. The van der Waals surface area contributed by atoms with Gasteiger partial charge < -0.3 is 14.1 Å². The molecule has 1 aliphatic rings. The average molecular weight is 307 g/mol. The Balaban J connectivity index is 2.01. The van der Waals surface area contributed by atoms with Crippen molar-refractivity contribution in [2.24, 2.45) is 5.92 Å². The normalized spacial score (nSPS) is 19.3. The molecule has 0 aromatic carbocycles. The highest BCUT2D eigenvalue weighted by atomic mass is 16.5. The van der Waals surface area contributed by atoms with Crippen LogP contribution in [0.1, 0.15) is 58.1 Å². The van der Waals surface area contributed by atoms with E-state index in [9.17, 15) is 4.79 Å². The number of ether oxygens (including phenoxy) is 1. The number of carbonyl (C=O) groups excluding carboxylic acids is 1. The molecular weight excluding hydrogens is 278 g/mol. The van der Waals surface area contributed by atoms with Gasteiger partial charge in [0, 0.05) is 19.1 Å². The molecule has 1 amide bonds. The lowest BCUT2D eigenvalue weighted by molar-refractivity contribution is -0.138. The van der Waals surface area contributed by atoms with Crippen LogP contribution in [-0.4, -0.2) is 30.1 Å². The maximum Gasteiger partial charge on any atom is 0.226 e. The van der Waals surface area contributed by atoms with E-state index in [0.717, 1.165) is 50.9 Å². The van der Waals surface area contributed by atoms with Crippen LogP contribution in [-0.2, 0) is 16.1 Å². The van der Waals surface area contributed by atoms with E-state index < -0.39 is 0 Å². The van der Waals surface area contributed by atoms with Crippen LogP contribution in [0.5, 0.6) is 0 Å². The van der Waals surface area contributed by atoms with Crippen LogP contribution in [0.25, 0.3) is 0 Å².